The molecule has 0 aromatic heterocycles. The van der Waals surface area contributed by atoms with E-state index in [4.69, 9.17) is 21.1 Å². The molecule has 1 saturated carbocycles. The maximum absolute atomic E-state index is 6.63. The summed E-state index contributed by atoms with van der Waals surface area (Å²) in [6, 6.07) is 12.6. The minimum absolute atomic E-state index is 0.457. The molecule has 3 rings (SSSR count). The number of anilines is 2. The number of hydrogen-bond donors (Lipinski definition) is 0. The van der Waals surface area contributed by atoms with Gasteiger partial charge in [-0.3, -0.25) is 0 Å². The fourth-order valence-corrected chi connectivity index (χ4v) is 3.08. The molecule has 4 heteroatoms. The lowest BCUT2D eigenvalue weighted by atomic mass is 10.1. The molecule has 1 aliphatic carbocycles. The molecule has 22 heavy (non-hydrogen) atoms. The van der Waals surface area contributed by atoms with Crippen molar-refractivity contribution in [3.8, 4) is 11.5 Å². The van der Waals surface area contributed by atoms with Gasteiger partial charge in [-0.25, -0.2) is 0 Å². The number of methoxy groups -OCH3 is 2. The number of nitrogens with zero attached hydrogens (tertiary/aromatic N) is 1. The van der Waals surface area contributed by atoms with E-state index in [-0.39, 0.29) is 0 Å². The van der Waals surface area contributed by atoms with Crippen LogP contribution >= 0.6 is 11.6 Å². The molecule has 1 aliphatic rings. The summed E-state index contributed by atoms with van der Waals surface area (Å²) in [7, 11) is 3.20. The van der Waals surface area contributed by atoms with E-state index in [2.05, 4.69) is 24.0 Å². The molecule has 0 heterocycles. The van der Waals surface area contributed by atoms with Crippen molar-refractivity contribution >= 4 is 23.0 Å². The Labute approximate surface area is 136 Å². The van der Waals surface area contributed by atoms with Gasteiger partial charge < -0.3 is 14.4 Å². The zero-order valence-corrected chi connectivity index (χ0v) is 13.6. The highest BCUT2D eigenvalue weighted by Gasteiger charge is 2.33. The molecular formula is C18H19ClNO2. The maximum Gasteiger partial charge on any atom is 0.181 e. The molecule has 3 nitrogen and oxygen atoms in total. The second-order valence-electron chi connectivity index (χ2n) is 5.37. The number of rotatable bonds is 5. The monoisotopic (exact) mass is 316 g/mol. The first-order valence-electron chi connectivity index (χ1n) is 7.28. The summed E-state index contributed by atoms with van der Waals surface area (Å²) < 4.78 is 10.8. The van der Waals surface area contributed by atoms with Crippen LogP contribution in [0.2, 0.25) is 5.02 Å². The van der Waals surface area contributed by atoms with Gasteiger partial charge in [-0.05, 0) is 43.5 Å². The van der Waals surface area contributed by atoms with Crippen LogP contribution in [-0.4, -0.2) is 20.3 Å². The lowest BCUT2D eigenvalue weighted by Crippen LogP contribution is -2.21. The Bertz CT molecular complexity index is 669. The van der Waals surface area contributed by atoms with Crippen molar-refractivity contribution < 1.29 is 9.47 Å². The molecule has 0 saturated heterocycles. The van der Waals surface area contributed by atoms with E-state index in [9.17, 15) is 0 Å². The van der Waals surface area contributed by atoms with E-state index in [1.54, 1.807) is 14.2 Å². The predicted octanol–water partition coefficient (Wildman–Crippen LogP) is 4.84. The van der Waals surface area contributed by atoms with Crippen LogP contribution in [0.1, 0.15) is 18.4 Å². The third-order valence-electron chi connectivity index (χ3n) is 3.85. The maximum atomic E-state index is 6.63. The Morgan fingerprint density at radius 1 is 1.14 bits per heavy atom. The summed E-state index contributed by atoms with van der Waals surface area (Å²) in [5.74, 6) is 1.15. The van der Waals surface area contributed by atoms with Gasteiger partial charge >= 0.3 is 0 Å². The Kier molecular flexibility index (Phi) is 4.16. The largest absolute Gasteiger partial charge is 0.493 e. The Hall–Kier alpha value is -1.87. The van der Waals surface area contributed by atoms with Gasteiger partial charge in [-0.1, -0.05) is 29.8 Å². The summed E-state index contributed by atoms with van der Waals surface area (Å²) in [5.41, 5.74) is 2.84. The van der Waals surface area contributed by atoms with E-state index in [1.165, 1.54) is 0 Å². The smallest absolute Gasteiger partial charge is 0.181 e. The summed E-state index contributed by atoms with van der Waals surface area (Å²) in [5, 5.41) is 0.544. The topological polar surface area (TPSA) is 21.7 Å². The third kappa shape index (κ3) is 2.61. The van der Waals surface area contributed by atoms with Crippen molar-refractivity contribution in [1.82, 2.24) is 0 Å². The Balaban J connectivity index is 2.16. The van der Waals surface area contributed by atoms with Gasteiger partial charge in [0.15, 0.2) is 11.5 Å². The molecule has 1 fully saturated rings. The average molecular weight is 317 g/mol. The zero-order valence-electron chi connectivity index (χ0n) is 12.8. The molecule has 0 amide bonds. The van der Waals surface area contributed by atoms with Crippen LogP contribution in [0, 0.1) is 6.92 Å². The molecular weight excluding hydrogens is 298 g/mol. The van der Waals surface area contributed by atoms with Crippen molar-refractivity contribution in [3.63, 3.8) is 0 Å². The molecule has 2 aromatic carbocycles. The first-order valence-corrected chi connectivity index (χ1v) is 7.66. The highest BCUT2D eigenvalue weighted by atomic mass is 35.5. The fraction of sp³-hybridized carbons (Fsp3) is 0.278. The van der Waals surface area contributed by atoms with Crippen LogP contribution in [0.4, 0.5) is 11.4 Å². The SMILES string of the molecule is [CH2]c1cc(OC)c(OC)c(Cl)c1N(c1ccccc1)C1CC1. The summed E-state index contributed by atoms with van der Waals surface area (Å²) in [6.07, 6.45) is 2.30. The molecule has 0 N–H and O–H groups in total. The van der Waals surface area contributed by atoms with Gasteiger partial charge in [0.2, 0.25) is 0 Å². The minimum atomic E-state index is 0.457. The van der Waals surface area contributed by atoms with E-state index < -0.39 is 0 Å². The number of ether oxygens (including phenoxy) is 2. The number of benzene rings is 2. The third-order valence-corrected chi connectivity index (χ3v) is 4.20. The molecule has 1 radical (unpaired) electrons. The molecule has 115 valence electrons. The van der Waals surface area contributed by atoms with Crippen LogP contribution in [0.5, 0.6) is 11.5 Å². The van der Waals surface area contributed by atoms with Gasteiger partial charge in [-0.15, -0.1) is 0 Å². The van der Waals surface area contributed by atoms with Crippen molar-refractivity contribution in [3.05, 3.63) is 53.9 Å². The van der Waals surface area contributed by atoms with E-state index >= 15 is 0 Å². The second kappa shape index (κ2) is 6.09. The first kappa shape index (κ1) is 15.0. The van der Waals surface area contributed by atoms with Crippen molar-refractivity contribution in [2.75, 3.05) is 19.1 Å². The number of halogens is 1. The van der Waals surface area contributed by atoms with E-state index in [0.717, 1.165) is 29.8 Å². The second-order valence-corrected chi connectivity index (χ2v) is 5.75. The number of hydrogen-bond acceptors (Lipinski definition) is 3. The number of para-hydroxylation sites is 1. The van der Waals surface area contributed by atoms with Crippen molar-refractivity contribution in [1.29, 1.82) is 0 Å². The van der Waals surface area contributed by atoms with Gasteiger partial charge in [0.25, 0.3) is 0 Å². The van der Waals surface area contributed by atoms with Gasteiger partial charge in [-0.2, -0.15) is 0 Å². The molecule has 0 aliphatic heterocycles. The van der Waals surface area contributed by atoms with E-state index in [0.29, 0.717) is 22.6 Å². The predicted molar refractivity (Wildman–Crippen MR) is 90.6 cm³/mol. The van der Waals surface area contributed by atoms with Crippen LogP contribution < -0.4 is 14.4 Å². The Morgan fingerprint density at radius 2 is 1.82 bits per heavy atom. The van der Waals surface area contributed by atoms with E-state index in [1.807, 2.05) is 24.3 Å². The Morgan fingerprint density at radius 3 is 2.36 bits per heavy atom. The highest BCUT2D eigenvalue weighted by Crippen LogP contribution is 2.49. The first-order chi connectivity index (χ1) is 10.7. The van der Waals surface area contributed by atoms with Crippen molar-refractivity contribution in [2.45, 2.75) is 18.9 Å². The standard InChI is InChI=1S/C18H19ClNO2/c1-12-11-15(21-2)18(22-3)16(19)17(12)20(14-9-10-14)13-7-5-4-6-8-13/h4-8,11,14H,1,9-10H2,2-3H3. The lowest BCUT2D eigenvalue weighted by molar-refractivity contribution is 0.355. The van der Waals surface area contributed by atoms with Gasteiger partial charge in [0.1, 0.15) is 5.02 Å². The van der Waals surface area contributed by atoms with Crippen LogP contribution in [0.3, 0.4) is 0 Å². The van der Waals surface area contributed by atoms with Crippen LogP contribution in [0.25, 0.3) is 0 Å². The quantitative estimate of drug-likeness (QED) is 0.788. The zero-order chi connectivity index (χ0) is 15.7. The molecule has 0 unspecified atom stereocenters. The molecule has 2 aromatic rings. The summed E-state index contributed by atoms with van der Waals surface area (Å²) >= 11 is 6.63. The van der Waals surface area contributed by atoms with Crippen molar-refractivity contribution in [2.24, 2.45) is 0 Å². The van der Waals surface area contributed by atoms with Crippen LogP contribution in [-0.2, 0) is 0 Å². The van der Waals surface area contributed by atoms with Gasteiger partial charge in [0.05, 0.1) is 19.9 Å². The summed E-state index contributed by atoms with van der Waals surface area (Å²) in [6.45, 7) is 4.16. The fourth-order valence-electron chi connectivity index (χ4n) is 2.69. The van der Waals surface area contributed by atoms with Gasteiger partial charge in [0, 0.05) is 11.7 Å². The summed E-state index contributed by atoms with van der Waals surface area (Å²) in [4.78, 5) is 2.26. The highest BCUT2D eigenvalue weighted by molar-refractivity contribution is 6.35. The van der Waals surface area contributed by atoms with Crippen LogP contribution in [0.15, 0.2) is 36.4 Å². The molecule has 0 spiro atoms. The molecule has 0 atom stereocenters. The lowest BCUT2D eigenvalue weighted by Gasteiger charge is -2.29. The average Bonchev–Trinajstić information content (AvgIpc) is 3.36. The normalized spacial score (nSPS) is 13.8. The molecule has 0 bridgehead atoms. The minimum Gasteiger partial charge on any atom is -0.493 e.